The van der Waals surface area contributed by atoms with Crippen LogP contribution in [0.3, 0.4) is 0 Å². The Morgan fingerprint density at radius 1 is 1.00 bits per heavy atom. The Hall–Kier alpha value is -2.69. The molecule has 22 heavy (non-hydrogen) atoms. The molecule has 0 radical (unpaired) electrons. The maximum atomic E-state index is 12.9. The molecule has 0 unspecified atom stereocenters. The van der Waals surface area contributed by atoms with E-state index in [4.69, 9.17) is 0 Å². The average Bonchev–Trinajstić information content (AvgIpc) is 2.53. The van der Waals surface area contributed by atoms with Crippen LogP contribution < -0.4 is 10.3 Å². The van der Waals surface area contributed by atoms with Gasteiger partial charge in [0, 0.05) is 25.3 Å². The molecule has 0 bridgehead atoms. The summed E-state index contributed by atoms with van der Waals surface area (Å²) in [4.78, 5) is 14.0. The van der Waals surface area contributed by atoms with Gasteiger partial charge in [0.1, 0.15) is 5.82 Å². The summed E-state index contributed by atoms with van der Waals surface area (Å²) in [6, 6.07) is 13.2. The number of anilines is 1. The van der Waals surface area contributed by atoms with Crippen molar-refractivity contribution >= 4 is 17.3 Å². The number of hydrogen-bond donors (Lipinski definition) is 1. The Morgan fingerprint density at radius 3 is 2.09 bits per heavy atom. The van der Waals surface area contributed by atoms with Crippen molar-refractivity contribution in [3.63, 3.8) is 0 Å². The zero-order valence-corrected chi connectivity index (χ0v) is 12.8. The molecule has 2 rings (SSSR count). The van der Waals surface area contributed by atoms with Gasteiger partial charge in [-0.15, -0.1) is 0 Å². The van der Waals surface area contributed by atoms with Crippen LogP contribution in [-0.4, -0.2) is 25.7 Å². The standard InChI is InChI=1S/C17H18FN3O/c1-12(13-4-8-15(18)9-5-13)19-20-17(22)14-6-10-16(11-7-14)21(2)3/h4-11H,1-3H3,(H,20,22)/b19-12+. The monoisotopic (exact) mass is 299 g/mol. The van der Waals surface area contributed by atoms with Crippen molar-refractivity contribution in [3.8, 4) is 0 Å². The fraction of sp³-hybridized carbons (Fsp3) is 0.176. The fourth-order valence-corrected chi connectivity index (χ4v) is 1.87. The van der Waals surface area contributed by atoms with Crippen molar-refractivity contribution in [2.24, 2.45) is 5.10 Å². The lowest BCUT2D eigenvalue weighted by molar-refractivity contribution is 0.0955. The fourth-order valence-electron chi connectivity index (χ4n) is 1.87. The van der Waals surface area contributed by atoms with Crippen molar-refractivity contribution in [2.45, 2.75) is 6.92 Å². The minimum absolute atomic E-state index is 0.285. The first-order valence-corrected chi connectivity index (χ1v) is 6.85. The maximum absolute atomic E-state index is 12.9. The van der Waals surface area contributed by atoms with Crippen LogP contribution in [0.1, 0.15) is 22.8 Å². The second-order valence-electron chi connectivity index (χ2n) is 5.09. The number of rotatable bonds is 4. The van der Waals surface area contributed by atoms with E-state index < -0.39 is 0 Å². The quantitative estimate of drug-likeness (QED) is 0.696. The van der Waals surface area contributed by atoms with E-state index in [1.54, 1.807) is 31.2 Å². The van der Waals surface area contributed by atoms with Gasteiger partial charge in [-0.1, -0.05) is 12.1 Å². The molecular weight excluding hydrogens is 281 g/mol. The van der Waals surface area contributed by atoms with Crippen LogP contribution in [0.15, 0.2) is 53.6 Å². The molecule has 0 spiro atoms. The van der Waals surface area contributed by atoms with Gasteiger partial charge >= 0.3 is 0 Å². The third kappa shape index (κ3) is 3.91. The molecule has 0 aliphatic rings. The zero-order chi connectivity index (χ0) is 16.1. The molecule has 0 heterocycles. The molecule has 1 amide bonds. The zero-order valence-electron chi connectivity index (χ0n) is 12.8. The Balaban J connectivity index is 2.05. The summed E-state index contributed by atoms with van der Waals surface area (Å²) in [5.74, 6) is -0.590. The van der Waals surface area contributed by atoms with E-state index in [-0.39, 0.29) is 11.7 Å². The largest absolute Gasteiger partial charge is 0.378 e. The Labute approximate surface area is 129 Å². The van der Waals surface area contributed by atoms with Gasteiger partial charge in [0.05, 0.1) is 5.71 Å². The first kappa shape index (κ1) is 15.7. The summed E-state index contributed by atoms with van der Waals surface area (Å²) < 4.78 is 12.9. The van der Waals surface area contributed by atoms with E-state index in [2.05, 4.69) is 10.5 Å². The molecule has 0 aliphatic carbocycles. The molecule has 0 fully saturated rings. The third-order valence-corrected chi connectivity index (χ3v) is 3.23. The van der Waals surface area contributed by atoms with Crippen LogP contribution >= 0.6 is 0 Å². The van der Waals surface area contributed by atoms with Crippen molar-refractivity contribution in [1.82, 2.24) is 5.43 Å². The molecule has 0 saturated carbocycles. The van der Waals surface area contributed by atoms with E-state index in [1.807, 2.05) is 31.1 Å². The van der Waals surface area contributed by atoms with E-state index in [1.165, 1.54) is 12.1 Å². The molecule has 0 saturated heterocycles. The molecule has 0 aliphatic heterocycles. The van der Waals surface area contributed by atoms with Gasteiger partial charge in [0.2, 0.25) is 0 Å². The normalized spacial score (nSPS) is 11.2. The first-order chi connectivity index (χ1) is 10.5. The molecule has 2 aromatic carbocycles. The Morgan fingerprint density at radius 2 is 1.55 bits per heavy atom. The van der Waals surface area contributed by atoms with Crippen molar-refractivity contribution < 1.29 is 9.18 Å². The third-order valence-electron chi connectivity index (χ3n) is 3.23. The van der Waals surface area contributed by atoms with Crippen LogP contribution in [0.5, 0.6) is 0 Å². The highest BCUT2D eigenvalue weighted by Crippen LogP contribution is 2.12. The average molecular weight is 299 g/mol. The number of hydrogen-bond acceptors (Lipinski definition) is 3. The van der Waals surface area contributed by atoms with Crippen LogP contribution in [0.4, 0.5) is 10.1 Å². The molecular formula is C17H18FN3O. The maximum Gasteiger partial charge on any atom is 0.271 e. The van der Waals surface area contributed by atoms with Gasteiger partial charge in [-0.2, -0.15) is 5.10 Å². The highest BCUT2D eigenvalue weighted by molar-refractivity contribution is 6.00. The highest BCUT2D eigenvalue weighted by Gasteiger charge is 2.05. The topological polar surface area (TPSA) is 44.7 Å². The van der Waals surface area contributed by atoms with Gasteiger partial charge in [-0.25, -0.2) is 9.82 Å². The lowest BCUT2D eigenvalue weighted by atomic mass is 10.1. The molecule has 4 nitrogen and oxygen atoms in total. The molecule has 0 aromatic heterocycles. The van der Waals surface area contributed by atoms with Gasteiger partial charge in [0.15, 0.2) is 0 Å². The Bertz CT molecular complexity index is 676. The number of nitrogens with one attached hydrogen (secondary N) is 1. The van der Waals surface area contributed by atoms with Crippen LogP contribution in [0.25, 0.3) is 0 Å². The molecule has 2 aromatic rings. The van der Waals surface area contributed by atoms with Gasteiger partial charge in [-0.3, -0.25) is 4.79 Å². The summed E-state index contributed by atoms with van der Waals surface area (Å²) >= 11 is 0. The number of amides is 1. The summed E-state index contributed by atoms with van der Waals surface area (Å²) in [7, 11) is 3.87. The van der Waals surface area contributed by atoms with Crippen LogP contribution in [0, 0.1) is 5.82 Å². The SMILES string of the molecule is C/C(=N\NC(=O)c1ccc(N(C)C)cc1)c1ccc(F)cc1. The van der Waals surface area contributed by atoms with Gasteiger partial charge in [0.25, 0.3) is 5.91 Å². The number of hydrazone groups is 1. The summed E-state index contributed by atoms with van der Waals surface area (Å²) in [6.45, 7) is 1.75. The Kier molecular flexibility index (Phi) is 4.88. The lowest BCUT2D eigenvalue weighted by Crippen LogP contribution is -2.19. The minimum Gasteiger partial charge on any atom is -0.378 e. The smallest absolute Gasteiger partial charge is 0.271 e. The summed E-state index contributed by atoms with van der Waals surface area (Å²) in [5, 5.41) is 4.04. The highest BCUT2D eigenvalue weighted by atomic mass is 19.1. The molecule has 114 valence electrons. The van der Waals surface area contributed by atoms with Crippen molar-refractivity contribution in [1.29, 1.82) is 0 Å². The number of carbonyl (C=O) groups is 1. The number of benzene rings is 2. The number of carbonyl (C=O) groups excluding carboxylic acids is 1. The second-order valence-corrected chi connectivity index (χ2v) is 5.09. The second kappa shape index (κ2) is 6.85. The number of halogens is 1. The summed E-state index contributed by atoms with van der Waals surface area (Å²) in [6.07, 6.45) is 0. The minimum atomic E-state index is -0.304. The molecule has 1 N–H and O–H groups in total. The van der Waals surface area contributed by atoms with E-state index in [0.717, 1.165) is 11.3 Å². The van der Waals surface area contributed by atoms with Crippen molar-refractivity contribution in [3.05, 3.63) is 65.5 Å². The number of nitrogens with zero attached hydrogens (tertiary/aromatic N) is 2. The molecule has 5 heteroatoms. The van der Waals surface area contributed by atoms with E-state index in [9.17, 15) is 9.18 Å². The van der Waals surface area contributed by atoms with Crippen molar-refractivity contribution in [2.75, 3.05) is 19.0 Å². The predicted molar refractivity (Wildman–Crippen MR) is 86.8 cm³/mol. The van der Waals surface area contributed by atoms with Crippen LogP contribution in [-0.2, 0) is 0 Å². The predicted octanol–water partition coefficient (Wildman–Crippen LogP) is 3.05. The van der Waals surface area contributed by atoms with Gasteiger partial charge in [-0.05, 0) is 48.9 Å². The molecule has 0 atom stereocenters. The van der Waals surface area contributed by atoms with E-state index >= 15 is 0 Å². The van der Waals surface area contributed by atoms with Gasteiger partial charge < -0.3 is 4.90 Å². The first-order valence-electron chi connectivity index (χ1n) is 6.85. The van der Waals surface area contributed by atoms with E-state index in [0.29, 0.717) is 11.3 Å². The lowest BCUT2D eigenvalue weighted by Gasteiger charge is -2.12. The van der Waals surface area contributed by atoms with Crippen LogP contribution in [0.2, 0.25) is 0 Å². The summed E-state index contributed by atoms with van der Waals surface area (Å²) in [5.41, 5.74) is 5.41.